The van der Waals surface area contributed by atoms with Gasteiger partial charge in [-0.05, 0) is 13.8 Å². The van der Waals surface area contributed by atoms with Crippen LogP contribution in [0.4, 0.5) is 0 Å². The van der Waals surface area contributed by atoms with Crippen LogP contribution in [0.15, 0.2) is 47.1 Å². The quantitative estimate of drug-likeness (QED) is 0.649. The Morgan fingerprint density at radius 1 is 0.933 bits per heavy atom. The molecule has 0 aliphatic carbocycles. The number of hydrogen-bond donors (Lipinski definition) is 0. The summed E-state index contributed by atoms with van der Waals surface area (Å²) >= 11 is 0. The van der Waals surface area contributed by atoms with Gasteiger partial charge >= 0.3 is 0 Å². The molecule has 1 heterocycles. The van der Waals surface area contributed by atoms with Crippen LogP contribution in [-0.2, 0) is 0 Å². The number of nitrogens with zero attached hydrogens (tertiary/aromatic N) is 1. The van der Waals surface area contributed by atoms with Crippen molar-refractivity contribution in [1.82, 2.24) is 5.16 Å². The van der Waals surface area contributed by atoms with Gasteiger partial charge in [0.1, 0.15) is 5.76 Å². The van der Waals surface area contributed by atoms with Crippen molar-refractivity contribution in [3.63, 3.8) is 0 Å². The molecule has 2 aromatic rings. The molecular weight excluding hydrogens is 186 g/mol. The van der Waals surface area contributed by atoms with Gasteiger partial charge in [-0.15, -0.1) is 0 Å². The lowest BCUT2D eigenvalue weighted by molar-refractivity contribution is 0.397. The van der Waals surface area contributed by atoms with E-state index in [1.807, 2.05) is 39.0 Å². The minimum absolute atomic E-state index is 0.856. The maximum Gasteiger partial charge on any atom is 0.133 e. The molecule has 0 spiro atoms. The number of aryl methyl sites for hydroxylation is 2. The zero-order chi connectivity index (χ0) is 11.5. The number of rotatable bonds is 0. The van der Waals surface area contributed by atoms with E-state index >= 15 is 0 Å². The second-order valence-electron chi connectivity index (χ2n) is 2.78. The van der Waals surface area contributed by atoms with Crippen LogP contribution < -0.4 is 0 Å². The first kappa shape index (κ1) is 13.4. The van der Waals surface area contributed by atoms with E-state index < -0.39 is 0 Å². The first-order chi connectivity index (χ1) is 7.29. The van der Waals surface area contributed by atoms with Crippen molar-refractivity contribution in [3.05, 3.63) is 53.9 Å². The smallest absolute Gasteiger partial charge is 0.133 e. The Hall–Kier alpha value is -1.57. The van der Waals surface area contributed by atoms with E-state index in [-0.39, 0.29) is 0 Å². The standard InChI is InChI=1S/C7H8.C4H5NO.C2H6/c1-7-5-3-2-4-6-7;1-4-2-3-5-6-4;1-2/h2-6H,1H3;2-3H,1H3;1-2H3. The van der Waals surface area contributed by atoms with Crippen LogP contribution in [0.2, 0.25) is 0 Å². The van der Waals surface area contributed by atoms with Gasteiger partial charge in [0.25, 0.3) is 0 Å². The predicted octanol–water partition coefficient (Wildman–Crippen LogP) is 4.00. The van der Waals surface area contributed by atoms with Crippen LogP contribution in [0.25, 0.3) is 0 Å². The molecule has 0 aliphatic rings. The van der Waals surface area contributed by atoms with Crippen molar-refractivity contribution >= 4 is 0 Å². The van der Waals surface area contributed by atoms with Crippen molar-refractivity contribution in [1.29, 1.82) is 0 Å². The van der Waals surface area contributed by atoms with Gasteiger partial charge in [-0.3, -0.25) is 0 Å². The summed E-state index contributed by atoms with van der Waals surface area (Å²) in [6, 6.07) is 12.1. The van der Waals surface area contributed by atoms with Gasteiger partial charge in [-0.1, -0.05) is 54.9 Å². The minimum atomic E-state index is 0.856. The van der Waals surface area contributed by atoms with Crippen molar-refractivity contribution < 1.29 is 4.52 Å². The lowest BCUT2D eigenvalue weighted by Crippen LogP contribution is -1.62. The highest BCUT2D eigenvalue weighted by molar-refractivity contribution is 5.11. The summed E-state index contributed by atoms with van der Waals surface area (Å²) in [6.45, 7) is 7.94. The fourth-order valence-corrected chi connectivity index (χ4v) is 0.814. The fourth-order valence-electron chi connectivity index (χ4n) is 0.814. The summed E-state index contributed by atoms with van der Waals surface area (Å²) in [7, 11) is 0. The Balaban J connectivity index is 0.000000227. The van der Waals surface area contributed by atoms with Gasteiger partial charge in [-0.2, -0.15) is 0 Å². The van der Waals surface area contributed by atoms with E-state index in [4.69, 9.17) is 0 Å². The molecule has 0 saturated heterocycles. The number of hydrogen-bond acceptors (Lipinski definition) is 2. The molecule has 0 bridgehead atoms. The number of benzene rings is 1. The zero-order valence-corrected chi connectivity index (χ0v) is 9.90. The van der Waals surface area contributed by atoms with Gasteiger partial charge in [0, 0.05) is 6.07 Å². The summed E-state index contributed by atoms with van der Waals surface area (Å²) in [5.41, 5.74) is 1.32. The molecule has 2 rings (SSSR count). The summed E-state index contributed by atoms with van der Waals surface area (Å²) < 4.78 is 4.58. The van der Waals surface area contributed by atoms with Crippen molar-refractivity contribution in [2.24, 2.45) is 0 Å². The number of aromatic nitrogens is 1. The van der Waals surface area contributed by atoms with E-state index in [1.54, 1.807) is 12.3 Å². The first-order valence-electron chi connectivity index (χ1n) is 5.18. The van der Waals surface area contributed by atoms with Gasteiger partial charge in [-0.25, -0.2) is 0 Å². The molecule has 0 N–H and O–H groups in total. The predicted molar refractivity (Wildman–Crippen MR) is 63.8 cm³/mol. The van der Waals surface area contributed by atoms with Crippen LogP contribution in [0.3, 0.4) is 0 Å². The Bertz CT molecular complexity index is 314. The molecule has 0 fully saturated rings. The second kappa shape index (κ2) is 9.00. The molecule has 0 amide bonds. The average molecular weight is 205 g/mol. The molecule has 0 aliphatic heterocycles. The minimum Gasteiger partial charge on any atom is -0.362 e. The highest BCUT2D eigenvalue weighted by atomic mass is 16.5. The molecular formula is C13H19NO. The third-order valence-electron chi connectivity index (χ3n) is 1.51. The van der Waals surface area contributed by atoms with E-state index in [1.165, 1.54) is 5.56 Å². The molecule has 0 saturated carbocycles. The molecule has 2 heteroatoms. The summed E-state index contributed by atoms with van der Waals surface area (Å²) in [4.78, 5) is 0. The van der Waals surface area contributed by atoms with Gasteiger partial charge in [0.15, 0.2) is 0 Å². The van der Waals surface area contributed by atoms with Crippen LogP contribution in [0, 0.1) is 13.8 Å². The fraction of sp³-hybridized carbons (Fsp3) is 0.308. The Morgan fingerprint density at radius 2 is 1.53 bits per heavy atom. The van der Waals surface area contributed by atoms with Crippen molar-refractivity contribution in [2.75, 3.05) is 0 Å². The second-order valence-corrected chi connectivity index (χ2v) is 2.78. The third-order valence-corrected chi connectivity index (χ3v) is 1.51. The summed E-state index contributed by atoms with van der Waals surface area (Å²) in [5.74, 6) is 0.856. The lowest BCUT2D eigenvalue weighted by atomic mass is 10.2. The summed E-state index contributed by atoms with van der Waals surface area (Å²) in [5, 5.41) is 3.45. The van der Waals surface area contributed by atoms with Crippen LogP contribution >= 0.6 is 0 Å². The first-order valence-corrected chi connectivity index (χ1v) is 5.18. The monoisotopic (exact) mass is 205 g/mol. The van der Waals surface area contributed by atoms with Gasteiger partial charge < -0.3 is 4.52 Å². The zero-order valence-electron chi connectivity index (χ0n) is 9.90. The molecule has 0 unspecified atom stereocenters. The molecule has 1 aromatic carbocycles. The Morgan fingerprint density at radius 3 is 1.73 bits per heavy atom. The average Bonchev–Trinajstić information content (AvgIpc) is 2.74. The van der Waals surface area contributed by atoms with Crippen LogP contribution in [0.1, 0.15) is 25.2 Å². The van der Waals surface area contributed by atoms with Crippen molar-refractivity contribution in [3.8, 4) is 0 Å². The summed E-state index contributed by atoms with van der Waals surface area (Å²) in [6.07, 6.45) is 1.62. The molecule has 15 heavy (non-hydrogen) atoms. The van der Waals surface area contributed by atoms with Crippen LogP contribution in [0.5, 0.6) is 0 Å². The molecule has 2 nitrogen and oxygen atoms in total. The normalized spacial score (nSPS) is 8.00. The molecule has 0 radical (unpaired) electrons. The highest BCUT2D eigenvalue weighted by Crippen LogP contribution is 1.92. The Kier molecular flexibility index (Phi) is 8.06. The van der Waals surface area contributed by atoms with Gasteiger partial charge in [0.05, 0.1) is 6.20 Å². The van der Waals surface area contributed by atoms with E-state index in [0.29, 0.717) is 0 Å². The maximum atomic E-state index is 4.58. The molecule has 82 valence electrons. The van der Waals surface area contributed by atoms with E-state index in [2.05, 4.69) is 28.7 Å². The molecule has 1 aromatic heterocycles. The lowest BCUT2D eigenvalue weighted by Gasteiger charge is -1.82. The third kappa shape index (κ3) is 7.50. The van der Waals surface area contributed by atoms with E-state index in [0.717, 1.165) is 5.76 Å². The van der Waals surface area contributed by atoms with Gasteiger partial charge in [0.2, 0.25) is 0 Å². The topological polar surface area (TPSA) is 26.0 Å². The van der Waals surface area contributed by atoms with Crippen LogP contribution in [-0.4, -0.2) is 5.16 Å². The SMILES string of the molecule is CC.Cc1ccccc1.Cc1ccno1. The van der Waals surface area contributed by atoms with Crippen molar-refractivity contribution in [2.45, 2.75) is 27.7 Å². The Labute approximate surface area is 91.9 Å². The maximum absolute atomic E-state index is 4.58. The van der Waals surface area contributed by atoms with E-state index in [9.17, 15) is 0 Å². The molecule has 0 atom stereocenters. The highest BCUT2D eigenvalue weighted by Gasteiger charge is 1.78. The largest absolute Gasteiger partial charge is 0.362 e.